The van der Waals surface area contributed by atoms with Crippen molar-refractivity contribution in [1.29, 1.82) is 0 Å². The van der Waals surface area contributed by atoms with E-state index in [4.69, 9.17) is 0 Å². The fourth-order valence-electron chi connectivity index (χ4n) is 3.38. The normalized spacial score (nSPS) is 12.1. The number of halogens is 2. The number of carbonyl (C=O) groups is 1. The third-order valence-corrected chi connectivity index (χ3v) is 5.26. The van der Waals surface area contributed by atoms with Crippen molar-refractivity contribution in [2.24, 2.45) is 0 Å². The van der Waals surface area contributed by atoms with Crippen molar-refractivity contribution in [1.82, 2.24) is 25.1 Å². The average Bonchev–Trinajstić information content (AvgIpc) is 3.18. The van der Waals surface area contributed by atoms with Gasteiger partial charge >= 0.3 is 0 Å². The summed E-state index contributed by atoms with van der Waals surface area (Å²) in [5.41, 5.74) is 2.73. The molecule has 0 saturated heterocycles. The highest BCUT2D eigenvalue weighted by Gasteiger charge is 2.19. The van der Waals surface area contributed by atoms with E-state index >= 15 is 0 Å². The lowest BCUT2D eigenvalue weighted by Crippen LogP contribution is -2.28. The molecule has 0 fully saturated rings. The molecule has 1 N–H and O–H groups in total. The number of aromatic nitrogens is 4. The summed E-state index contributed by atoms with van der Waals surface area (Å²) < 4.78 is 15.8. The molecule has 152 valence electrons. The number of rotatable bonds is 6. The molecule has 1 atom stereocenters. The van der Waals surface area contributed by atoms with E-state index < -0.39 is 0 Å². The second kappa shape index (κ2) is 8.71. The molecule has 6 nitrogen and oxygen atoms in total. The van der Waals surface area contributed by atoms with Crippen LogP contribution in [0.5, 0.6) is 0 Å². The fourth-order valence-corrected chi connectivity index (χ4v) is 3.76. The minimum atomic E-state index is -0.322. The van der Waals surface area contributed by atoms with Crippen LogP contribution in [0.1, 0.15) is 41.7 Å². The molecule has 0 aliphatic heterocycles. The number of pyridine rings is 2. The quantitative estimate of drug-likeness (QED) is 0.433. The van der Waals surface area contributed by atoms with E-state index in [9.17, 15) is 9.18 Å². The van der Waals surface area contributed by atoms with Gasteiger partial charge in [-0.25, -0.2) is 9.07 Å². The predicted molar refractivity (Wildman–Crippen MR) is 116 cm³/mol. The Balaban J connectivity index is 1.67. The van der Waals surface area contributed by atoms with Crippen molar-refractivity contribution in [3.63, 3.8) is 0 Å². The molecule has 1 amide bonds. The minimum absolute atomic E-state index is 0.171. The topological polar surface area (TPSA) is 72.7 Å². The second-order valence-corrected chi connectivity index (χ2v) is 7.82. The molecule has 0 aliphatic rings. The predicted octanol–water partition coefficient (Wildman–Crippen LogP) is 4.99. The highest BCUT2D eigenvalue weighted by Crippen LogP contribution is 2.24. The van der Waals surface area contributed by atoms with E-state index in [-0.39, 0.29) is 17.8 Å². The number of hydrogen-bond donors (Lipinski definition) is 1. The molecule has 0 saturated carbocycles. The van der Waals surface area contributed by atoms with Gasteiger partial charge in [0, 0.05) is 28.4 Å². The lowest BCUT2D eigenvalue weighted by Gasteiger charge is -2.18. The first-order chi connectivity index (χ1) is 14.6. The number of amides is 1. The van der Waals surface area contributed by atoms with E-state index in [0.717, 1.165) is 22.9 Å². The van der Waals surface area contributed by atoms with Gasteiger partial charge in [0.05, 0.1) is 35.2 Å². The Morgan fingerprint density at radius 1 is 1.13 bits per heavy atom. The molecule has 0 bridgehead atoms. The van der Waals surface area contributed by atoms with Gasteiger partial charge < -0.3 is 5.32 Å². The fraction of sp³-hybridized carbons (Fsp3) is 0.182. The van der Waals surface area contributed by atoms with Crippen molar-refractivity contribution < 1.29 is 9.18 Å². The molecule has 0 radical (unpaired) electrons. The van der Waals surface area contributed by atoms with Gasteiger partial charge in [-0.15, -0.1) is 0 Å². The first-order valence-corrected chi connectivity index (χ1v) is 10.3. The van der Waals surface area contributed by atoms with Crippen LogP contribution in [0.15, 0.2) is 65.8 Å². The molecule has 3 heterocycles. The Morgan fingerprint density at radius 3 is 2.63 bits per heavy atom. The summed E-state index contributed by atoms with van der Waals surface area (Å²) in [6.45, 7) is 2.07. The van der Waals surface area contributed by atoms with Crippen molar-refractivity contribution in [2.75, 3.05) is 0 Å². The van der Waals surface area contributed by atoms with Crippen LogP contribution in [-0.2, 0) is 0 Å². The van der Waals surface area contributed by atoms with Crippen LogP contribution in [0, 0.1) is 5.82 Å². The van der Waals surface area contributed by atoms with Gasteiger partial charge in [0.1, 0.15) is 5.82 Å². The number of nitrogens with one attached hydrogen (secondary N) is 1. The van der Waals surface area contributed by atoms with E-state index in [0.29, 0.717) is 22.2 Å². The van der Waals surface area contributed by atoms with Crippen LogP contribution in [0.4, 0.5) is 4.39 Å². The molecule has 30 heavy (non-hydrogen) atoms. The minimum Gasteiger partial charge on any atom is -0.345 e. The van der Waals surface area contributed by atoms with Gasteiger partial charge in [-0.2, -0.15) is 5.10 Å². The monoisotopic (exact) mass is 467 g/mol. The first kappa shape index (κ1) is 20.2. The Kier molecular flexibility index (Phi) is 5.85. The standard InChI is InChI=1S/C22H19BrFN5O/c1-2-3-20(14-8-15(23)10-25-9-14)28-22(30)19-11-26-13-21-18(19)12-27-29(21)17-6-4-16(24)5-7-17/h4-13,20H,2-3H2,1H3,(H,28,30)/t20-/m0/s1. The van der Waals surface area contributed by atoms with Crippen LogP contribution in [0.2, 0.25) is 0 Å². The average molecular weight is 468 g/mol. The van der Waals surface area contributed by atoms with E-state index in [1.165, 1.54) is 18.3 Å². The summed E-state index contributed by atoms with van der Waals surface area (Å²) in [4.78, 5) is 21.6. The summed E-state index contributed by atoms with van der Waals surface area (Å²) in [5, 5.41) is 8.16. The lowest BCUT2D eigenvalue weighted by molar-refractivity contribution is 0.0935. The highest BCUT2D eigenvalue weighted by atomic mass is 79.9. The molecule has 8 heteroatoms. The summed E-state index contributed by atoms with van der Waals surface area (Å²) in [7, 11) is 0. The maximum Gasteiger partial charge on any atom is 0.254 e. The SMILES string of the molecule is CCC[C@H](NC(=O)c1cncc2c1cnn2-c1ccc(F)cc1)c1cncc(Br)c1. The molecule has 3 aromatic heterocycles. The van der Waals surface area contributed by atoms with Gasteiger partial charge in [0.25, 0.3) is 5.91 Å². The van der Waals surface area contributed by atoms with Crippen molar-refractivity contribution in [2.45, 2.75) is 25.8 Å². The Hall–Kier alpha value is -3.13. The number of nitrogens with zero attached hydrogens (tertiary/aromatic N) is 4. The third-order valence-electron chi connectivity index (χ3n) is 4.82. The second-order valence-electron chi connectivity index (χ2n) is 6.90. The maximum atomic E-state index is 13.3. The summed E-state index contributed by atoms with van der Waals surface area (Å²) in [6.07, 6.45) is 9.97. The Labute approximate surface area is 181 Å². The summed E-state index contributed by atoms with van der Waals surface area (Å²) >= 11 is 3.43. The van der Waals surface area contributed by atoms with Crippen molar-refractivity contribution in [3.05, 3.63) is 82.7 Å². The first-order valence-electron chi connectivity index (χ1n) is 9.56. The van der Waals surface area contributed by atoms with E-state index in [1.807, 2.05) is 6.07 Å². The zero-order valence-corrected chi connectivity index (χ0v) is 17.8. The zero-order valence-electron chi connectivity index (χ0n) is 16.2. The van der Waals surface area contributed by atoms with Gasteiger partial charge in [-0.1, -0.05) is 13.3 Å². The smallest absolute Gasteiger partial charge is 0.254 e. The number of benzene rings is 1. The summed E-state index contributed by atoms with van der Waals surface area (Å²) in [5.74, 6) is -0.553. The molecular weight excluding hydrogens is 449 g/mol. The molecule has 0 aliphatic carbocycles. The van der Waals surface area contributed by atoms with Gasteiger partial charge in [-0.3, -0.25) is 14.8 Å². The van der Waals surface area contributed by atoms with Gasteiger partial charge in [-0.05, 0) is 58.2 Å². The van der Waals surface area contributed by atoms with Crippen LogP contribution >= 0.6 is 15.9 Å². The largest absolute Gasteiger partial charge is 0.345 e. The maximum absolute atomic E-state index is 13.3. The lowest BCUT2D eigenvalue weighted by atomic mass is 10.0. The van der Waals surface area contributed by atoms with Crippen molar-refractivity contribution in [3.8, 4) is 5.69 Å². The van der Waals surface area contributed by atoms with Crippen LogP contribution in [0.25, 0.3) is 16.6 Å². The molecule has 4 rings (SSSR count). The summed E-state index contributed by atoms with van der Waals surface area (Å²) in [6, 6.07) is 7.79. The molecular formula is C22H19BrFN5O. The Bertz CT molecular complexity index is 1190. The van der Waals surface area contributed by atoms with Crippen molar-refractivity contribution >= 4 is 32.7 Å². The van der Waals surface area contributed by atoms with E-state index in [1.54, 1.807) is 41.6 Å². The van der Waals surface area contributed by atoms with Crippen LogP contribution in [0.3, 0.4) is 0 Å². The molecule has 4 aromatic rings. The molecule has 0 spiro atoms. The third kappa shape index (κ3) is 4.09. The van der Waals surface area contributed by atoms with Gasteiger partial charge in [0.2, 0.25) is 0 Å². The van der Waals surface area contributed by atoms with E-state index in [2.05, 4.69) is 43.2 Å². The van der Waals surface area contributed by atoms with Gasteiger partial charge in [0.15, 0.2) is 0 Å². The highest BCUT2D eigenvalue weighted by molar-refractivity contribution is 9.10. The molecule has 0 unspecified atom stereocenters. The number of hydrogen-bond acceptors (Lipinski definition) is 4. The zero-order chi connectivity index (χ0) is 21.1. The Morgan fingerprint density at radius 2 is 1.90 bits per heavy atom. The molecule has 1 aromatic carbocycles. The van der Waals surface area contributed by atoms with Crippen LogP contribution in [-0.4, -0.2) is 25.7 Å². The number of fused-ring (bicyclic) bond motifs is 1. The van der Waals surface area contributed by atoms with Crippen LogP contribution < -0.4 is 5.32 Å². The number of carbonyl (C=O) groups excluding carboxylic acids is 1.